The fraction of sp³-hybridized carbons (Fsp3) is 0.214. The molecule has 0 unspecified atom stereocenters. The molecule has 102 valence electrons. The molecule has 0 aliphatic carbocycles. The summed E-state index contributed by atoms with van der Waals surface area (Å²) in [6, 6.07) is 6.96. The van der Waals surface area contributed by atoms with Gasteiger partial charge in [-0.25, -0.2) is 9.36 Å². The summed E-state index contributed by atoms with van der Waals surface area (Å²) in [6.45, 7) is 3.43. The number of nitrogens with one attached hydrogen (secondary N) is 1. The third-order valence-electron chi connectivity index (χ3n) is 3.14. The summed E-state index contributed by atoms with van der Waals surface area (Å²) in [6.07, 6.45) is 0.273. The zero-order valence-corrected chi connectivity index (χ0v) is 11.1. The highest BCUT2D eigenvalue weighted by Crippen LogP contribution is 2.21. The molecule has 0 fully saturated rings. The SMILES string of the molecule is CCc1c(O)n(-c2cccc(C)c2C#N)c(=O)[nH]c1=O. The molecule has 6 heteroatoms. The first-order chi connectivity index (χ1) is 9.51. The van der Waals surface area contributed by atoms with Gasteiger partial charge in [0.15, 0.2) is 0 Å². The van der Waals surface area contributed by atoms with Crippen LogP contribution in [-0.2, 0) is 6.42 Å². The van der Waals surface area contributed by atoms with Crippen molar-refractivity contribution in [2.45, 2.75) is 20.3 Å². The van der Waals surface area contributed by atoms with Crippen molar-refractivity contribution in [1.29, 1.82) is 5.26 Å². The van der Waals surface area contributed by atoms with Crippen LogP contribution in [0.3, 0.4) is 0 Å². The zero-order valence-electron chi connectivity index (χ0n) is 11.1. The van der Waals surface area contributed by atoms with Gasteiger partial charge in [0.1, 0.15) is 6.07 Å². The molecule has 2 N–H and O–H groups in total. The fourth-order valence-corrected chi connectivity index (χ4v) is 2.09. The molecular formula is C14H13N3O3. The minimum atomic E-state index is -0.771. The van der Waals surface area contributed by atoms with Crippen molar-refractivity contribution >= 4 is 0 Å². The highest BCUT2D eigenvalue weighted by Gasteiger charge is 2.17. The van der Waals surface area contributed by atoms with Gasteiger partial charge in [-0.3, -0.25) is 9.78 Å². The van der Waals surface area contributed by atoms with Crippen LogP contribution < -0.4 is 11.2 Å². The molecule has 6 nitrogen and oxygen atoms in total. The number of aromatic nitrogens is 2. The Morgan fingerprint density at radius 2 is 2.10 bits per heavy atom. The number of aromatic amines is 1. The Kier molecular flexibility index (Phi) is 3.44. The number of hydrogen-bond donors (Lipinski definition) is 2. The predicted octanol–water partition coefficient (Wildman–Crippen LogP) is 0.974. The maximum atomic E-state index is 11.9. The highest BCUT2D eigenvalue weighted by atomic mass is 16.3. The third kappa shape index (κ3) is 1.99. The lowest BCUT2D eigenvalue weighted by atomic mass is 10.1. The first-order valence-corrected chi connectivity index (χ1v) is 6.08. The van der Waals surface area contributed by atoms with Crippen LogP contribution >= 0.6 is 0 Å². The number of aromatic hydroxyl groups is 1. The molecule has 0 saturated heterocycles. The van der Waals surface area contributed by atoms with Crippen LogP contribution in [0.15, 0.2) is 27.8 Å². The first kappa shape index (κ1) is 13.6. The van der Waals surface area contributed by atoms with E-state index in [-0.39, 0.29) is 23.2 Å². The smallest absolute Gasteiger partial charge is 0.335 e. The van der Waals surface area contributed by atoms with E-state index in [1.807, 2.05) is 6.07 Å². The number of nitriles is 1. The summed E-state index contributed by atoms with van der Waals surface area (Å²) in [5, 5.41) is 19.4. The van der Waals surface area contributed by atoms with Gasteiger partial charge < -0.3 is 5.11 Å². The van der Waals surface area contributed by atoms with E-state index in [0.717, 1.165) is 4.57 Å². The lowest BCUT2D eigenvalue weighted by Crippen LogP contribution is -2.31. The van der Waals surface area contributed by atoms with E-state index >= 15 is 0 Å². The second-order valence-corrected chi connectivity index (χ2v) is 4.33. The number of benzene rings is 1. The third-order valence-corrected chi connectivity index (χ3v) is 3.14. The quantitative estimate of drug-likeness (QED) is 0.850. The van der Waals surface area contributed by atoms with Gasteiger partial charge in [-0.2, -0.15) is 5.26 Å². The van der Waals surface area contributed by atoms with Crippen LogP contribution in [-0.4, -0.2) is 14.7 Å². The Morgan fingerprint density at radius 1 is 1.40 bits per heavy atom. The monoisotopic (exact) mass is 271 g/mol. The van der Waals surface area contributed by atoms with Gasteiger partial charge in [-0.1, -0.05) is 19.1 Å². The van der Waals surface area contributed by atoms with Crippen LogP contribution in [0.5, 0.6) is 5.88 Å². The van der Waals surface area contributed by atoms with Crippen molar-refractivity contribution in [1.82, 2.24) is 9.55 Å². The van der Waals surface area contributed by atoms with Crippen molar-refractivity contribution in [3.8, 4) is 17.6 Å². The Bertz CT molecular complexity index is 825. The molecule has 1 heterocycles. The van der Waals surface area contributed by atoms with Gasteiger partial charge in [0, 0.05) is 0 Å². The molecule has 0 aliphatic rings. The summed E-state index contributed by atoms with van der Waals surface area (Å²) in [4.78, 5) is 25.7. The largest absolute Gasteiger partial charge is 0.494 e. The number of rotatable bonds is 2. The van der Waals surface area contributed by atoms with Gasteiger partial charge in [0.25, 0.3) is 5.56 Å². The van der Waals surface area contributed by atoms with E-state index in [1.54, 1.807) is 32.0 Å². The molecule has 1 aromatic carbocycles. The summed E-state index contributed by atoms with van der Waals surface area (Å²) in [5.41, 5.74) is -0.0697. The van der Waals surface area contributed by atoms with E-state index < -0.39 is 17.1 Å². The van der Waals surface area contributed by atoms with E-state index in [1.165, 1.54) is 0 Å². The van der Waals surface area contributed by atoms with Crippen molar-refractivity contribution in [3.63, 3.8) is 0 Å². The standard InChI is InChI=1S/C14H13N3O3/c1-3-9-12(18)16-14(20)17(13(9)19)11-6-4-5-8(2)10(11)7-15/h4-6,19H,3H2,1-2H3,(H,16,18,20). The van der Waals surface area contributed by atoms with Gasteiger partial charge in [0.2, 0.25) is 5.88 Å². The fourth-order valence-electron chi connectivity index (χ4n) is 2.09. The van der Waals surface area contributed by atoms with Crippen LogP contribution in [0, 0.1) is 18.3 Å². The van der Waals surface area contributed by atoms with Crippen LogP contribution in [0.25, 0.3) is 5.69 Å². The number of hydrogen-bond acceptors (Lipinski definition) is 4. The predicted molar refractivity (Wildman–Crippen MR) is 73.2 cm³/mol. The van der Waals surface area contributed by atoms with Gasteiger partial charge in [-0.15, -0.1) is 0 Å². The molecule has 1 aromatic heterocycles. The number of H-pyrrole nitrogens is 1. The molecule has 2 aromatic rings. The van der Waals surface area contributed by atoms with Crippen molar-refractivity contribution < 1.29 is 5.11 Å². The van der Waals surface area contributed by atoms with E-state index in [2.05, 4.69) is 4.98 Å². The Balaban J connectivity index is 2.92. The summed E-state index contributed by atoms with van der Waals surface area (Å²) in [7, 11) is 0. The molecule has 20 heavy (non-hydrogen) atoms. The number of nitrogens with zero attached hydrogens (tertiary/aromatic N) is 2. The number of aryl methyl sites for hydroxylation is 1. The molecular weight excluding hydrogens is 258 g/mol. The van der Waals surface area contributed by atoms with Crippen molar-refractivity contribution in [2.24, 2.45) is 0 Å². The van der Waals surface area contributed by atoms with E-state index in [0.29, 0.717) is 5.56 Å². The lowest BCUT2D eigenvalue weighted by molar-refractivity contribution is 0.423. The van der Waals surface area contributed by atoms with Gasteiger partial charge in [0.05, 0.1) is 16.8 Å². The topological polar surface area (TPSA) is 98.9 Å². The van der Waals surface area contributed by atoms with Gasteiger partial charge >= 0.3 is 5.69 Å². The molecule has 0 atom stereocenters. The van der Waals surface area contributed by atoms with Crippen molar-refractivity contribution in [3.05, 3.63) is 55.7 Å². The van der Waals surface area contributed by atoms with Crippen LogP contribution in [0.1, 0.15) is 23.6 Å². The zero-order chi connectivity index (χ0) is 14.9. The molecule has 0 aliphatic heterocycles. The highest BCUT2D eigenvalue weighted by molar-refractivity contribution is 5.54. The summed E-state index contributed by atoms with van der Waals surface area (Å²) >= 11 is 0. The van der Waals surface area contributed by atoms with Crippen LogP contribution in [0.4, 0.5) is 0 Å². The van der Waals surface area contributed by atoms with E-state index in [9.17, 15) is 20.0 Å². The first-order valence-electron chi connectivity index (χ1n) is 6.08. The average molecular weight is 271 g/mol. The average Bonchev–Trinajstić information content (AvgIpc) is 2.39. The van der Waals surface area contributed by atoms with Gasteiger partial charge in [-0.05, 0) is 25.0 Å². The molecule has 0 saturated carbocycles. The lowest BCUT2D eigenvalue weighted by Gasteiger charge is -2.12. The molecule has 2 rings (SSSR count). The second-order valence-electron chi connectivity index (χ2n) is 4.33. The van der Waals surface area contributed by atoms with Crippen molar-refractivity contribution in [2.75, 3.05) is 0 Å². The minimum Gasteiger partial charge on any atom is -0.494 e. The van der Waals surface area contributed by atoms with E-state index in [4.69, 9.17) is 0 Å². The maximum Gasteiger partial charge on any atom is 0.335 e. The molecule has 0 bridgehead atoms. The van der Waals surface area contributed by atoms with Crippen LogP contribution in [0.2, 0.25) is 0 Å². The molecule has 0 amide bonds. The minimum absolute atomic E-state index is 0.106. The second kappa shape index (κ2) is 5.05. The Hall–Kier alpha value is -2.81. The summed E-state index contributed by atoms with van der Waals surface area (Å²) in [5.74, 6) is -0.427. The Morgan fingerprint density at radius 3 is 2.70 bits per heavy atom. The Labute approximate surface area is 114 Å². The maximum absolute atomic E-state index is 11.9. The molecule has 0 radical (unpaired) electrons. The molecule has 0 spiro atoms. The summed E-state index contributed by atoms with van der Waals surface area (Å²) < 4.78 is 0.950. The normalized spacial score (nSPS) is 10.2.